The number of benzene rings is 1. The molecule has 198 valence electrons. The molecule has 1 aromatic carbocycles. The molecule has 2 aliphatic rings. The zero-order valence-corrected chi connectivity index (χ0v) is 21.4. The first-order chi connectivity index (χ1) is 17.7. The van der Waals surface area contributed by atoms with Crippen LogP contribution < -0.4 is 9.80 Å². The van der Waals surface area contributed by atoms with E-state index in [4.69, 9.17) is 9.72 Å². The fourth-order valence-corrected chi connectivity index (χ4v) is 4.71. The van der Waals surface area contributed by atoms with Gasteiger partial charge in [0.1, 0.15) is 0 Å². The molecule has 11 nitrogen and oxygen atoms in total. The van der Waals surface area contributed by atoms with Crippen molar-refractivity contribution in [1.29, 1.82) is 0 Å². The summed E-state index contributed by atoms with van der Waals surface area (Å²) in [6.45, 7) is 7.07. The number of carbonyl (C=O) groups excluding carboxylic acids is 1. The zero-order valence-electron chi connectivity index (χ0n) is 21.4. The predicted octanol–water partition coefficient (Wildman–Crippen LogP) is 2.57. The van der Waals surface area contributed by atoms with Crippen LogP contribution in [-0.2, 0) is 4.74 Å². The first-order valence-electron chi connectivity index (χ1n) is 12.4. The molecule has 0 aliphatic carbocycles. The number of ether oxygens (including phenoxy) is 1. The highest BCUT2D eigenvalue weighted by atomic mass is 19.3. The lowest BCUT2D eigenvalue weighted by Gasteiger charge is -2.39. The monoisotopic (exact) mass is 515 g/mol. The molecule has 0 spiro atoms. The van der Waals surface area contributed by atoms with Gasteiger partial charge in [-0.15, -0.1) is 0 Å². The number of hydrogen-bond donors (Lipinski definition) is 0. The van der Waals surface area contributed by atoms with Crippen molar-refractivity contribution in [2.75, 3.05) is 63.2 Å². The summed E-state index contributed by atoms with van der Waals surface area (Å²) in [4.78, 5) is 38.0. The third-order valence-corrected chi connectivity index (χ3v) is 6.94. The Bertz CT molecular complexity index is 1280. The maximum Gasteiger partial charge on any atom is 0.319 e. The number of halogens is 2. The van der Waals surface area contributed by atoms with Gasteiger partial charge in [0.2, 0.25) is 17.8 Å². The predicted molar refractivity (Wildman–Crippen MR) is 135 cm³/mol. The summed E-state index contributed by atoms with van der Waals surface area (Å²) in [6.07, 6.45) is -2.87. The topological polar surface area (TPSA) is 95.8 Å². The Labute approximate surface area is 213 Å². The van der Waals surface area contributed by atoms with Crippen LogP contribution in [0.15, 0.2) is 24.3 Å². The van der Waals surface area contributed by atoms with Crippen molar-refractivity contribution in [1.82, 2.24) is 34.3 Å². The fourth-order valence-electron chi connectivity index (χ4n) is 4.71. The van der Waals surface area contributed by atoms with Gasteiger partial charge in [-0.05, 0) is 26.0 Å². The number of hydrogen-bond acceptors (Lipinski definition) is 8. The fraction of sp³-hybridized carbons (Fsp3) is 0.542. The van der Waals surface area contributed by atoms with Crippen LogP contribution in [-0.4, -0.2) is 106 Å². The van der Waals surface area contributed by atoms with E-state index in [1.165, 1.54) is 4.57 Å². The van der Waals surface area contributed by atoms with E-state index in [0.717, 1.165) is 0 Å². The molecule has 2 unspecified atom stereocenters. The van der Waals surface area contributed by atoms with Gasteiger partial charge < -0.3 is 24.3 Å². The molecule has 0 radical (unpaired) electrons. The molecule has 0 N–H and O–H groups in total. The number of anilines is 2. The van der Waals surface area contributed by atoms with E-state index < -0.39 is 12.2 Å². The minimum Gasteiger partial charge on any atom is -0.375 e. The third kappa shape index (κ3) is 4.75. The van der Waals surface area contributed by atoms with E-state index in [1.807, 2.05) is 23.6 Å². The molecule has 2 saturated heterocycles. The number of para-hydroxylation sites is 2. The first-order valence-corrected chi connectivity index (χ1v) is 12.4. The number of carbonyl (C=O) groups is 1. The van der Waals surface area contributed by atoms with Crippen LogP contribution in [0, 0.1) is 0 Å². The molecule has 5 rings (SSSR count). The highest BCUT2D eigenvalue weighted by Crippen LogP contribution is 2.29. The van der Waals surface area contributed by atoms with Crippen molar-refractivity contribution in [2.45, 2.75) is 32.4 Å². The number of urea groups is 1. The largest absolute Gasteiger partial charge is 0.375 e. The van der Waals surface area contributed by atoms with Crippen molar-refractivity contribution < 1.29 is 18.3 Å². The lowest BCUT2D eigenvalue weighted by atomic mass is 10.1. The Kier molecular flexibility index (Phi) is 6.80. The molecule has 13 heteroatoms. The number of aromatic nitrogens is 5. The number of rotatable bonds is 4. The Morgan fingerprint density at radius 2 is 1.65 bits per heavy atom. The SMILES string of the molecule is CC1OCCN(c2nc(N3CCN(C(=O)N(C)C)CC3)nc(-n3c(C(F)F)nc4ccccc43)n2)C1C. The minimum absolute atomic E-state index is 0.0273. The van der Waals surface area contributed by atoms with E-state index in [2.05, 4.69) is 15.0 Å². The normalized spacial score (nSPS) is 20.7. The van der Waals surface area contributed by atoms with Gasteiger partial charge in [-0.3, -0.25) is 4.57 Å². The number of nitrogens with zero attached hydrogens (tertiary/aromatic N) is 9. The quantitative estimate of drug-likeness (QED) is 0.523. The van der Waals surface area contributed by atoms with Crippen LogP contribution in [0.2, 0.25) is 0 Å². The second kappa shape index (κ2) is 10.0. The molecule has 2 fully saturated rings. The number of morpholine rings is 1. The highest BCUT2D eigenvalue weighted by Gasteiger charge is 2.31. The highest BCUT2D eigenvalue weighted by molar-refractivity contribution is 5.78. The van der Waals surface area contributed by atoms with Crippen LogP contribution in [0.4, 0.5) is 25.5 Å². The Morgan fingerprint density at radius 3 is 2.35 bits per heavy atom. The van der Waals surface area contributed by atoms with Gasteiger partial charge in [0, 0.05) is 46.8 Å². The van der Waals surface area contributed by atoms with Crippen molar-refractivity contribution >= 4 is 29.0 Å². The van der Waals surface area contributed by atoms with E-state index in [0.29, 0.717) is 62.3 Å². The Balaban J connectivity index is 1.59. The minimum atomic E-state index is -2.82. The van der Waals surface area contributed by atoms with Crippen LogP contribution >= 0.6 is 0 Å². The van der Waals surface area contributed by atoms with E-state index in [-0.39, 0.29) is 24.1 Å². The molecule has 2 aliphatic heterocycles. The summed E-state index contributed by atoms with van der Waals surface area (Å²) in [5.74, 6) is 0.435. The molecule has 3 aromatic rings. The van der Waals surface area contributed by atoms with Gasteiger partial charge in [0.25, 0.3) is 6.43 Å². The maximum absolute atomic E-state index is 14.1. The van der Waals surface area contributed by atoms with Crippen LogP contribution in [0.1, 0.15) is 26.1 Å². The summed E-state index contributed by atoms with van der Waals surface area (Å²) in [5.41, 5.74) is 0.927. The van der Waals surface area contributed by atoms with Crippen molar-refractivity contribution in [3.63, 3.8) is 0 Å². The summed E-state index contributed by atoms with van der Waals surface area (Å²) in [6, 6.07) is 6.85. The Hall–Kier alpha value is -3.61. The van der Waals surface area contributed by atoms with E-state index >= 15 is 0 Å². The number of piperazine rings is 1. The number of imidazole rings is 1. The number of amides is 2. The van der Waals surface area contributed by atoms with Crippen molar-refractivity contribution in [3.05, 3.63) is 30.1 Å². The van der Waals surface area contributed by atoms with Gasteiger partial charge >= 0.3 is 6.03 Å². The molecule has 4 heterocycles. The molecule has 37 heavy (non-hydrogen) atoms. The van der Waals surface area contributed by atoms with Crippen LogP contribution in [0.25, 0.3) is 17.0 Å². The van der Waals surface area contributed by atoms with Crippen molar-refractivity contribution in [3.8, 4) is 5.95 Å². The Morgan fingerprint density at radius 1 is 0.973 bits per heavy atom. The average molecular weight is 516 g/mol. The lowest BCUT2D eigenvalue weighted by Crippen LogP contribution is -2.52. The summed E-state index contributed by atoms with van der Waals surface area (Å²) in [5, 5.41) is 0. The van der Waals surface area contributed by atoms with Gasteiger partial charge in [-0.1, -0.05) is 12.1 Å². The average Bonchev–Trinajstić information content (AvgIpc) is 3.30. The van der Waals surface area contributed by atoms with Crippen LogP contribution in [0.5, 0.6) is 0 Å². The summed E-state index contributed by atoms with van der Waals surface area (Å²) in [7, 11) is 3.44. The molecule has 2 amide bonds. The lowest BCUT2D eigenvalue weighted by molar-refractivity contribution is 0.0277. The molecule has 0 saturated carbocycles. The smallest absolute Gasteiger partial charge is 0.319 e. The second-order valence-corrected chi connectivity index (χ2v) is 9.49. The van der Waals surface area contributed by atoms with E-state index in [1.54, 1.807) is 48.2 Å². The van der Waals surface area contributed by atoms with Gasteiger partial charge in [0.05, 0.1) is 29.8 Å². The maximum atomic E-state index is 14.1. The van der Waals surface area contributed by atoms with Crippen LogP contribution in [0.3, 0.4) is 0 Å². The molecular weight excluding hydrogens is 484 g/mol. The number of alkyl halides is 2. The molecular formula is C24H31F2N9O2. The molecule has 2 aromatic heterocycles. The van der Waals surface area contributed by atoms with Gasteiger partial charge in [0.15, 0.2) is 5.82 Å². The number of fused-ring (bicyclic) bond motifs is 1. The third-order valence-electron chi connectivity index (χ3n) is 6.94. The van der Waals surface area contributed by atoms with Crippen molar-refractivity contribution in [2.24, 2.45) is 0 Å². The summed E-state index contributed by atoms with van der Waals surface area (Å²) >= 11 is 0. The van der Waals surface area contributed by atoms with Gasteiger partial charge in [-0.25, -0.2) is 18.6 Å². The zero-order chi connectivity index (χ0) is 26.3. The standard InChI is InChI=1S/C24H31F2N9O2/c1-15-16(2)37-14-13-34(15)22-28-21(32-9-11-33(12-10-32)24(36)31(3)4)29-23(30-22)35-18-8-6-5-7-17(18)27-20(35)19(25)26/h5-8,15-16,19H,9-14H2,1-4H3. The van der Waals surface area contributed by atoms with Gasteiger partial charge in [-0.2, -0.15) is 15.0 Å². The van der Waals surface area contributed by atoms with E-state index in [9.17, 15) is 13.6 Å². The molecule has 0 bridgehead atoms. The molecule has 2 atom stereocenters. The second-order valence-electron chi connectivity index (χ2n) is 9.49. The first kappa shape index (κ1) is 25.1. The summed E-state index contributed by atoms with van der Waals surface area (Å²) < 4.78 is 35.3.